The van der Waals surface area contributed by atoms with Gasteiger partial charge in [0, 0.05) is 29.2 Å². The number of aromatic nitrogens is 1. The van der Waals surface area contributed by atoms with Crippen molar-refractivity contribution in [3.8, 4) is 5.88 Å². The van der Waals surface area contributed by atoms with E-state index >= 15 is 0 Å². The number of amides is 1. The van der Waals surface area contributed by atoms with Crippen LogP contribution in [0.4, 0.5) is 4.79 Å². The Balaban J connectivity index is 2.13. The van der Waals surface area contributed by atoms with E-state index < -0.39 is 6.09 Å². The number of halogens is 1. The van der Waals surface area contributed by atoms with Crippen LogP contribution in [-0.2, 0) is 4.74 Å². The maximum absolute atomic E-state index is 11.3. The molecule has 0 aliphatic carbocycles. The van der Waals surface area contributed by atoms with E-state index in [1.807, 2.05) is 20.8 Å². The fourth-order valence-corrected chi connectivity index (χ4v) is 1.36. The van der Waals surface area contributed by atoms with Gasteiger partial charge in [0.2, 0.25) is 5.88 Å². The van der Waals surface area contributed by atoms with Gasteiger partial charge in [-0.15, -0.1) is 0 Å². The van der Waals surface area contributed by atoms with Gasteiger partial charge in [0.1, 0.15) is 0 Å². The Labute approximate surface area is 118 Å². The second-order valence-corrected chi connectivity index (χ2v) is 5.46. The first kappa shape index (κ1) is 15.6. The summed E-state index contributed by atoms with van der Waals surface area (Å²) in [5.74, 6) is 0.464. The quantitative estimate of drug-likeness (QED) is 0.845. The van der Waals surface area contributed by atoms with E-state index in [1.165, 1.54) is 0 Å². The predicted octanol–water partition coefficient (Wildman–Crippen LogP) is 3.03. The van der Waals surface area contributed by atoms with Gasteiger partial charge in [-0.05, 0) is 26.8 Å². The smallest absolute Gasteiger partial charge is 0.407 e. The van der Waals surface area contributed by atoms with Crippen LogP contribution in [0.1, 0.15) is 27.2 Å². The largest absolute Gasteiger partial charge is 0.477 e. The number of nitrogens with zero attached hydrogens (tertiary/aromatic N) is 1. The number of carbonyl (C=O) groups excluding carboxylic acids is 1. The molecule has 0 aliphatic heterocycles. The molecule has 19 heavy (non-hydrogen) atoms. The van der Waals surface area contributed by atoms with Crippen LogP contribution in [0.25, 0.3) is 0 Å². The van der Waals surface area contributed by atoms with Crippen molar-refractivity contribution in [2.24, 2.45) is 0 Å². The molecule has 0 radical (unpaired) electrons. The zero-order chi connectivity index (χ0) is 14.3. The van der Waals surface area contributed by atoms with Crippen molar-refractivity contribution >= 4 is 17.7 Å². The maximum atomic E-state index is 11.3. The van der Waals surface area contributed by atoms with Crippen molar-refractivity contribution in [3.05, 3.63) is 23.4 Å². The summed E-state index contributed by atoms with van der Waals surface area (Å²) in [6.07, 6.45) is 1.74. The van der Waals surface area contributed by atoms with Gasteiger partial charge in [0.25, 0.3) is 0 Å². The Kier molecular flexibility index (Phi) is 5.89. The van der Waals surface area contributed by atoms with Gasteiger partial charge in [-0.2, -0.15) is 0 Å². The normalized spacial score (nSPS) is 10.9. The van der Waals surface area contributed by atoms with E-state index in [0.717, 1.165) is 0 Å². The van der Waals surface area contributed by atoms with Crippen molar-refractivity contribution in [1.82, 2.24) is 10.3 Å². The van der Waals surface area contributed by atoms with Gasteiger partial charge >= 0.3 is 6.09 Å². The van der Waals surface area contributed by atoms with Gasteiger partial charge in [-0.25, -0.2) is 9.78 Å². The molecule has 1 aromatic rings. The standard InChI is InChI=1S/C13H19ClN2O3/c1-13(2,3)16-12(17)19-8-4-7-18-11-9-10(14)5-6-15-11/h5-6,9H,4,7-8H2,1-3H3,(H,16,17). The van der Waals surface area contributed by atoms with E-state index in [4.69, 9.17) is 21.1 Å². The highest BCUT2D eigenvalue weighted by Gasteiger charge is 2.14. The van der Waals surface area contributed by atoms with Crippen molar-refractivity contribution in [1.29, 1.82) is 0 Å². The highest BCUT2D eigenvalue weighted by atomic mass is 35.5. The van der Waals surface area contributed by atoms with Crippen LogP contribution in [0.15, 0.2) is 18.3 Å². The second kappa shape index (κ2) is 7.19. The summed E-state index contributed by atoms with van der Waals surface area (Å²) in [5, 5.41) is 3.28. The molecule has 0 unspecified atom stereocenters. The maximum Gasteiger partial charge on any atom is 0.407 e. The Morgan fingerprint density at radius 2 is 2.16 bits per heavy atom. The molecule has 0 atom stereocenters. The van der Waals surface area contributed by atoms with E-state index in [0.29, 0.717) is 30.5 Å². The minimum atomic E-state index is -0.423. The zero-order valence-electron chi connectivity index (χ0n) is 11.4. The molecule has 0 aliphatic rings. The van der Waals surface area contributed by atoms with E-state index in [2.05, 4.69) is 10.3 Å². The minimum absolute atomic E-state index is 0.293. The van der Waals surface area contributed by atoms with Crippen molar-refractivity contribution in [2.45, 2.75) is 32.7 Å². The van der Waals surface area contributed by atoms with Crippen LogP contribution >= 0.6 is 11.6 Å². The summed E-state index contributed by atoms with van der Waals surface area (Å²) in [7, 11) is 0. The predicted molar refractivity (Wildman–Crippen MR) is 73.6 cm³/mol. The van der Waals surface area contributed by atoms with E-state index in [9.17, 15) is 4.79 Å². The molecule has 0 bridgehead atoms. The van der Waals surface area contributed by atoms with Gasteiger partial charge in [-0.3, -0.25) is 0 Å². The van der Waals surface area contributed by atoms with Gasteiger partial charge in [0.15, 0.2) is 0 Å². The summed E-state index contributed by atoms with van der Waals surface area (Å²) in [5.41, 5.74) is -0.293. The zero-order valence-corrected chi connectivity index (χ0v) is 12.2. The van der Waals surface area contributed by atoms with Gasteiger partial charge in [0.05, 0.1) is 13.2 Å². The monoisotopic (exact) mass is 286 g/mol. The molecule has 1 heterocycles. The fraction of sp³-hybridized carbons (Fsp3) is 0.538. The summed E-state index contributed by atoms with van der Waals surface area (Å²) in [6.45, 7) is 6.38. The van der Waals surface area contributed by atoms with Crippen molar-refractivity contribution in [3.63, 3.8) is 0 Å². The molecule has 0 aromatic carbocycles. The summed E-state index contributed by atoms with van der Waals surface area (Å²) in [6, 6.07) is 3.31. The molecule has 0 spiro atoms. The average Bonchev–Trinajstić information content (AvgIpc) is 2.26. The number of alkyl carbamates (subject to hydrolysis) is 1. The third kappa shape index (κ3) is 7.51. The van der Waals surface area contributed by atoms with Crippen molar-refractivity contribution < 1.29 is 14.3 Å². The summed E-state index contributed by atoms with van der Waals surface area (Å²) in [4.78, 5) is 15.3. The van der Waals surface area contributed by atoms with Crippen molar-refractivity contribution in [2.75, 3.05) is 13.2 Å². The van der Waals surface area contributed by atoms with Gasteiger partial charge < -0.3 is 14.8 Å². The molecule has 1 aromatic heterocycles. The van der Waals surface area contributed by atoms with Crippen LogP contribution in [0.2, 0.25) is 5.02 Å². The Bertz CT molecular complexity index is 419. The summed E-state index contributed by atoms with van der Waals surface area (Å²) < 4.78 is 10.4. The highest BCUT2D eigenvalue weighted by molar-refractivity contribution is 6.30. The molecule has 5 nitrogen and oxygen atoms in total. The number of pyridine rings is 1. The lowest BCUT2D eigenvalue weighted by molar-refractivity contribution is 0.129. The topological polar surface area (TPSA) is 60.5 Å². The highest BCUT2D eigenvalue weighted by Crippen LogP contribution is 2.13. The average molecular weight is 287 g/mol. The van der Waals surface area contributed by atoms with Crippen LogP contribution in [0, 0.1) is 0 Å². The molecule has 6 heteroatoms. The molecule has 106 valence electrons. The molecule has 0 fully saturated rings. The van der Waals surface area contributed by atoms with Crippen LogP contribution in [-0.4, -0.2) is 29.8 Å². The number of ether oxygens (including phenoxy) is 2. The first-order valence-electron chi connectivity index (χ1n) is 6.06. The summed E-state index contributed by atoms with van der Waals surface area (Å²) >= 11 is 5.79. The molecular formula is C13H19ClN2O3. The van der Waals surface area contributed by atoms with Crippen LogP contribution in [0.5, 0.6) is 5.88 Å². The second-order valence-electron chi connectivity index (χ2n) is 5.03. The molecule has 1 amide bonds. The number of hydrogen-bond acceptors (Lipinski definition) is 4. The first-order chi connectivity index (χ1) is 8.87. The Morgan fingerprint density at radius 1 is 1.42 bits per heavy atom. The molecule has 1 rings (SSSR count). The lowest BCUT2D eigenvalue weighted by Crippen LogP contribution is -2.41. The lowest BCUT2D eigenvalue weighted by Gasteiger charge is -2.19. The number of hydrogen-bond donors (Lipinski definition) is 1. The third-order valence-electron chi connectivity index (χ3n) is 1.95. The number of rotatable bonds is 5. The lowest BCUT2D eigenvalue weighted by atomic mass is 10.1. The fourth-order valence-electron chi connectivity index (χ4n) is 1.21. The minimum Gasteiger partial charge on any atom is -0.477 e. The molecule has 1 N–H and O–H groups in total. The Hall–Kier alpha value is -1.49. The molecular weight excluding hydrogens is 268 g/mol. The SMILES string of the molecule is CC(C)(C)NC(=O)OCCCOc1cc(Cl)ccn1. The first-order valence-corrected chi connectivity index (χ1v) is 6.44. The third-order valence-corrected chi connectivity index (χ3v) is 2.18. The Morgan fingerprint density at radius 3 is 2.79 bits per heavy atom. The molecule has 0 saturated carbocycles. The van der Waals surface area contributed by atoms with E-state index in [-0.39, 0.29) is 5.54 Å². The van der Waals surface area contributed by atoms with Gasteiger partial charge in [-0.1, -0.05) is 11.6 Å². The van der Waals surface area contributed by atoms with Crippen LogP contribution in [0.3, 0.4) is 0 Å². The number of nitrogens with one attached hydrogen (secondary N) is 1. The van der Waals surface area contributed by atoms with E-state index in [1.54, 1.807) is 18.3 Å². The molecule has 0 saturated heterocycles. The number of carbonyl (C=O) groups is 1. The van der Waals surface area contributed by atoms with Crippen LogP contribution < -0.4 is 10.1 Å².